The number of anilines is 1. The lowest BCUT2D eigenvalue weighted by Gasteiger charge is -2.16. The second-order valence-electron chi connectivity index (χ2n) is 3.16. The van der Waals surface area contributed by atoms with E-state index in [0.29, 0.717) is 24.9 Å². The van der Waals surface area contributed by atoms with Gasteiger partial charge in [0.05, 0.1) is 0 Å². The van der Waals surface area contributed by atoms with Crippen molar-refractivity contribution in [3.8, 4) is 0 Å². The average molecular weight is 191 g/mol. The van der Waals surface area contributed by atoms with Crippen LogP contribution in [0.3, 0.4) is 0 Å². The Morgan fingerprint density at radius 3 is 2.86 bits per heavy atom. The van der Waals surface area contributed by atoms with Crippen LogP contribution < -0.4 is 5.32 Å². The first-order valence-corrected chi connectivity index (χ1v) is 4.33. The van der Waals surface area contributed by atoms with E-state index in [9.17, 15) is 9.59 Å². The first-order valence-electron chi connectivity index (χ1n) is 4.33. The highest BCUT2D eigenvalue weighted by Crippen LogP contribution is 2.21. The molecule has 0 aromatic carbocycles. The minimum Gasteiger partial charge on any atom is -0.310 e. The molecule has 72 valence electrons. The van der Waals surface area contributed by atoms with E-state index in [2.05, 4.69) is 15.3 Å². The number of aryl methyl sites for hydroxylation is 1. The number of rotatable bonds is 1. The zero-order valence-corrected chi connectivity index (χ0v) is 7.70. The van der Waals surface area contributed by atoms with Gasteiger partial charge in [-0.2, -0.15) is 0 Å². The Morgan fingerprint density at radius 2 is 2.14 bits per heavy atom. The van der Waals surface area contributed by atoms with Crippen molar-refractivity contribution in [2.45, 2.75) is 19.8 Å². The van der Waals surface area contributed by atoms with Crippen LogP contribution >= 0.6 is 0 Å². The molecular formula is C9H9N3O2. The van der Waals surface area contributed by atoms with Crippen LogP contribution in [0.15, 0.2) is 0 Å². The Bertz CT molecular complexity index is 415. The summed E-state index contributed by atoms with van der Waals surface area (Å²) in [5.41, 5.74) is 1.69. The van der Waals surface area contributed by atoms with Crippen molar-refractivity contribution in [2.75, 3.05) is 5.32 Å². The number of carbonyl (C=O) groups excluding carboxylic acids is 2. The van der Waals surface area contributed by atoms with Crippen molar-refractivity contribution in [1.29, 1.82) is 0 Å². The lowest BCUT2D eigenvalue weighted by Crippen LogP contribution is -2.22. The molecule has 0 atom stereocenters. The largest absolute Gasteiger partial charge is 0.310 e. The van der Waals surface area contributed by atoms with Crippen molar-refractivity contribution in [3.63, 3.8) is 0 Å². The molecule has 1 N–H and O–H groups in total. The predicted octanol–water partition coefficient (Wildman–Crippen LogP) is 0.482. The number of fused-ring (bicyclic) bond motifs is 1. The second-order valence-corrected chi connectivity index (χ2v) is 3.16. The summed E-state index contributed by atoms with van der Waals surface area (Å²) in [4.78, 5) is 29.5. The maximum absolute atomic E-state index is 11.1. The number of nitrogens with zero attached hydrogens (tertiary/aromatic N) is 2. The van der Waals surface area contributed by atoms with Crippen LogP contribution in [-0.4, -0.2) is 22.2 Å². The van der Waals surface area contributed by atoms with Crippen molar-refractivity contribution < 1.29 is 9.59 Å². The second kappa shape index (κ2) is 3.17. The van der Waals surface area contributed by atoms with Gasteiger partial charge in [-0.15, -0.1) is 0 Å². The van der Waals surface area contributed by atoms with Gasteiger partial charge in [0.1, 0.15) is 5.82 Å². The van der Waals surface area contributed by atoms with Gasteiger partial charge in [-0.25, -0.2) is 9.97 Å². The number of hydrogen-bond donors (Lipinski definition) is 1. The molecule has 2 rings (SSSR count). The van der Waals surface area contributed by atoms with Crippen LogP contribution in [0, 0.1) is 6.92 Å². The highest BCUT2D eigenvalue weighted by Gasteiger charge is 2.19. The first-order chi connectivity index (χ1) is 6.70. The van der Waals surface area contributed by atoms with Gasteiger partial charge < -0.3 is 5.32 Å². The summed E-state index contributed by atoms with van der Waals surface area (Å²) in [6, 6.07) is 0. The van der Waals surface area contributed by atoms with Crippen LogP contribution in [0.1, 0.15) is 28.3 Å². The lowest BCUT2D eigenvalue weighted by atomic mass is 10.1. The maximum atomic E-state index is 11.1. The monoisotopic (exact) mass is 191 g/mol. The minimum absolute atomic E-state index is 0.0625. The average Bonchev–Trinajstić information content (AvgIpc) is 2.16. The zero-order valence-electron chi connectivity index (χ0n) is 7.70. The molecular weight excluding hydrogens is 182 g/mol. The van der Waals surface area contributed by atoms with E-state index in [4.69, 9.17) is 0 Å². The molecule has 0 fully saturated rings. The molecule has 5 nitrogen and oxygen atoms in total. The topological polar surface area (TPSA) is 72.0 Å². The quantitative estimate of drug-likeness (QED) is 0.655. The molecule has 14 heavy (non-hydrogen) atoms. The van der Waals surface area contributed by atoms with Crippen molar-refractivity contribution in [1.82, 2.24) is 9.97 Å². The smallest absolute Gasteiger partial charge is 0.225 e. The number of aldehydes is 1. The summed E-state index contributed by atoms with van der Waals surface area (Å²) in [6.07, 6.45) is 1.68. The van der Waals surface area contributed by atoms with Gasteiger partial charge in [0.15, 0.2) is 12.1 Å². The summed E-state index contributed by atoms with van der Waals surface area (Å²) < 4.78 is 0. The Balaban J connectivity index is 2.53. The number of carbonyl (C=O) groups is 2. The predicted molar refractivity (Wildman–Crippen MR) is 49.1 cm³/mol. The fourth-order valence-corrected chi connectivity index (χ4v) is 1.51. The third-order valence-electron chi connectivity index (χ3n) is 2.20. The van der Waals surface area contributed by atoms with Gasteiger partial charge in [-0.3, -0.25) is 9.59 Å². The number of nitrogens with one attached hydrogen (secondary N) is 1. The highest BCUT2D eigenvalue weighted by molar-refractivity contribution is 5.93. The molecule has 0 unspecified atom stereocenters. The Hall–Kier alpha value is -1.78. The highest BCUT2D eigenvalue weighted by atomic mass is 16.1. The molecule has 0 spiro atoms. The van der Waals surface area contributed by atoms with Gasteiger partial charge >= 0.3 is 0 Å². The van der Waals surface area contributed by atoms with Crippen molar-refractivity contribution >= 4 is 18.0 Å². The molecule has 0 bridgehead atoms. The van der Waals surface area contributed by atoms with Gasteiger partial charge in [-0.05, 0) is 13.3 Å². The third kappa shape index (κ3) is 1.37. The summed E-state index contributed by atoms with van der Waals surface area (Å²) in [6.45, 7) is 1.81. The molecule has 0 saturated heterocycles. The van der Waals surface area contributed by atoms with Gasteiger partial charge in [-0.1, -0.05) is 0 Å². The molecule has 0 radical (unpaired) electrons. The van der Waals surface area contributed by atoms with Crippen molar-refractivity contribution in [2.24, 2.45) is 0 Å². The van der Waals surface area contributed by atoms with E-state index in [1.165, 1.54) is 0 Å². The fourth-order valence-electron chi connectivity index (χ4n) is 1.51. The van der Waals surface area contributed by atoms with Crippen LogP contribution in [0.25, 0.3) is 0 Å². The van der Waals surface area contributed by atoms with Gasteiger partial charge in [0.2, 0.25) is 5.91 Å². The number of amides is 1. The normalized spacial score (nSPS) is 14.5. The van der Waals surface area contributed by atoms with Crippen LogP contribution in [0.2, 0.25) is 0 Å². The summed E-state index contributed by atoms with van der Waals surface area (Å²) in [7, 11) is 0. The Labute approximate surface area is 80.6 Å². The minimum atomic E-state index is -0.0625. The summed E-state index contributed by atoms with van der Waals surface area (Å²) in [5, 5.41) is 2.63. The van der Waals surface area contributed by atoms with Crippen LogP contribution in [0.4, 0.5) is 5.82 Å². The molecule has 2 heterocycles. The zero-order chi connectivity index (χ0) is 10.1. The van der Waals surface area contributed by atoms with Gasteiger partial charge in [0.25, 0.3) is 0 Å². The Morgan fingerprint density at radius 1 is 1.36 bits per heavy atom. The van der Waals surface area contributed by atoms with E-state index in [0.717, 1.165) is 11.3 Å². The van der Waals surface area contributed by atoms with Crippen molar-refractivity contribution in [3.05, 3.63) is 17.1 Å². The van der Waals surface area contributed by atoms with E-state index in [1.54, 1.807) is 0 Å². The number of aromatic nitrogens is 2. The summed E-state index contributed by atoms with van der Waals surface area (Å²) >= 11 is 0. The lowest BCUT2D eigenvalue weighted by molar-refractivity contribution is -0.116. The van der Waals surface area contributed by atoms with E-state index in [1.807, 2.05) is 6.92 Å². The molecule has 1 aromatic rings. The Kier molecular flexibility index (Phi) is 1.99. The first kappa shape index (κ1) is 8.80. The molecule has 0 saturated carbocycles. The molecule has 1 aliphatic rings. The SMILES string of the molecule is Cc1nc(C=O)nc2c1CCC(=O)N2. The van der Waals surface area contributed by atoms with Crippen LogP contribution in [0.5, 0.6) is 0 Å². The standard InChI is InChI=1S/C9H9N3O2/c1-5-6-2-3-8(14)12-9(6)11-7(4-13)10-5/h4H,2-3H2,1H3,(H,10,11,12,14). The number of hydrogen-bond acceptors (Lipinski definition) is 4. The van der Waals surface area contributed by atoms with E-state index >= 15 is 0 Å². The maximum Gasteiger partial charge on any atom is 0.225 e. The van der Waals surface area contributed by atoms with Crippen LogP contribution in [-0.2, 0) is 11.2 Å². The third-order valence-corrected chi connectivity index (χ3v) is 2.20. The van der Waals surface area contributed by atoms with E-state index in [-0.39, 0.29) is 11.7 Å². The molecule has 1 aromatic heterocycles. The van der Waals surface area contributed by atoms with E-state index < -0.39 is 0 Å². The molecule has 1 amide bonds. The summed E-state index contributed by atoms with van der Waals surface area (Å²) in [5.74, 6) is 0.534. The molecule has 5 heteroatoms. The molecule has 1 aliphatic heterocycles. The molecule has 0 aliphatic carbocycles. The van der Waals surface area contributed by atoms with Gasteiger partial charge in [0, 0.05) is 17.7 Å². The fraction of sp³-hybridized carbons (Fsp3) is 0.333.